The summed E-state index contributed by atoms with van der Waals surface area (Å²) in [6, 6.07) is 0. The van der Waals surface area contributed by atoms with Crippen molar-refractivity contribution in [1.29, 1.82) is 0 Å². The molecule has 0 amide bonds. The predicted molar refractivity (Wildman–Crippen MR) is 16.4 cm³/mol. The minimum atomic E-state index is 0.565. The number of ether oxygens (including phenoxy) is 1. The second kappa shape index (κ2) is 0.420. The molecule has 2 heteroatoms. The van der Waals surface area contributed by atoms with Gasteiger partial charge in [-0.05, 0) is 0 Å². The normalized spacial score (nSPS) is 57.6. The molecule has 2 nitrogen and oxygen atoms in total. The van der Waals surface area contributed by atoms with Crippen LogP contribution in [0.5, 0.6) is 0 Å². The number of nitrogens with zero attached hydrogens (tertiary/aromatic N) is 1. The molecule has 2 fully saturated rings. The van der Waals surface area contributed by atoms with E-state index in [1.54, 1.807) is 0 Å². The van der Waals surface area contributed by atoms with E-state index in [-0.39, 0.29) is 0 Å². The minimum Gasteiger partial charge on any atom is -0.346 e. The topological polar surface area (TPSA) is 12.2 Å². The summed E-state index contributed by atoms with van der Waals surface area (Å²) >= 11 is 0. The summed E-state index contributed by atoms with van der Waals surface area (Å²) in [4.78, 5) is 2.25. The van der Waals surface area contributed by atoms with Gasteiger partial charge < -0.3 is 4.74 Å². The van der Waals surface area contributed by atoms with Crippen molar-refractivity contribution in [2.45, 2.75) is 6.23 Å². The molecule has 28 valence electrons. The fraction of sp³-hybridized carbons (Fsp3) is 1.00. The average Bonchev–Trinajstić information content (AvgIpc) is 1.74. The number of hydrogen-bond acceptors (Lipinski definition) is 2. The highest BCUT2D eigenvalue weighted by Crippen LogP contribution is 2.27. The Hall–Kier alpha value is -0.0800. The Morgan fingerprint density at radius 2 is 2.60 bits per heavy atom. The monoisotopic (exact) mass is 71.0 g/mol. The van der Waals surface area contributed by atoms with Gasteiger partial charge in [0, 0.05) is 6.54 Å². The van der Waals surface area contributed by atoms with Crippen LogP contribution in [0.3, 0.4) is 0 Å². The van der Waals surface area contributed by atoms with Crippen LogP contribution in [0.15, 0.2) is 0 Å². The van der Waals surface area contributed by atoms with Gasteiger partial charge in [-0.3, -0.25) is 0 Å². The molecule has 2 saturated heterocycles. The summed E-state index contributed by atoms with van der Waals surface area (Å²) in [5, 5.41) is 0. The van der Waals surface area contributed by atoms with E-state index in [0.717, 1.165) is 6.73 Å². The first-order valence-corrected chi connectivity index (χ1v) is 1.82. The third-order valence-corrected chi connectivity index (χ3v) is 1.10. The molecule has 2 heterocycles. The lowest BCUT2D eigenvalue weighted by atomic mass is 10.8. The number of fused-ring (bicyclic) bond motifs is 1. The first kappa shape index (κ1) is 2.16. The Balaban J connectivity index is 2.19. The van der Waals surface area contributed by atoms with Crippen molar-refractivity contribution in [3.05, 3.63) is 0 Å². The van der Waals surface area contributed by atoms with Crippen molar-refractivity contribution < 1.29 is 4.74 Å². The third kappa shape index (κ3) is 0.121. The molecular weight excluding hydrogens is 66.0 g/mol. The van der Waals surface area contributed by atoms with E-state index in [4.69, 9.17) is 4.74 Å². The molecule has 5 heavy (non-hydrogen) atoms. The van der Waals surface area contributed by atoms with E-state index >= 15 is 0 Å². The molecule has 0 aromatic rings. The van der Waals surface area contributed by atoms with E-state index in [0.29, 0.717) is 6.23 Å². The van der Waals surface area contributed by atoms with Gasteiger partial charge in [-0.1, -0.05) is 0 Å². The maximum absolute atomic E-state index is 4.93. The van der Waals surface area contributed by atoms with E-state index in [1.807, 2.05) is 0 Å². The maximum atomic E-state index is 4.93. The Morgan fingerprint density at radius 3 is 2.60 bits per heavy atom. The molecule has 2 aliphatic heterocycles. The quantitative estimate of drug-likeness (QED) is 0.361. The number of rotatable bonds is 0. The molecule has 2 rings (SSSR count). The van der Waals surface area contributed by atoms with Crippen molar-refractivity contribution in [3.63, 3.8) is 0 Å². The van der Waals surface area contributed by atoms with Gasteiger partial charge in [0.25, 0.3) is 0 Å². The van der Waals surface area contributed by atoms with E-state index in [2.05, 4.69) is 4.90 Å². The van der Waals surface area contributed by atoms with Gasteiger partial charge in [-0.2, -0.15) is 0 Å². The van der Waals surface area contributed by atoms with Crippen molar-refractivity contribution in [2.24, 2.45) is 0 Å². The lowest BCUT2D eigenvalue weighted by Gasteiger charge is -2.10. The largest absolute Gasteiger partial charge is 0.346 e. The summed E-state index contributed by atoms with van der Waals surface area (Å²) in [5.41, 5.74) is 0. The fourth-order valence-corrected chi connectivity index (χ4v) is 0.544. The average molecular weight is 71.1 g/mol. The molecule has 0 spiro atoms. The van der Waals surface area contributed by atoms with E-state index in [1.165, 1.54) is 6.54 Å². The van der Waals surface area contributed by atoms with Crippen LogP contribution in [-0.2, 0) is 4.74 Å². The first-order chi connectivity index (χ1) is 2.47. The fourth-order valence-electron chi connectivity index (χ4n) is 0.544. The third-order valence-electron chi connectivity index (χ3n) is 1.10. The van der Waals surface area contributed by atoms with Gasteiger partial charge in [-0.25, -0.2) is 4.90 Å². The summed E-state index contributed by atoms with van der Waals surface area (Å²) in [7, 11) is 0. The smallest absolute Gasteiger partial charge is 0.127 e. The van der Waals surface area contributed by atoms with Gasteiger partial charge in [0.05, 0.1) is 0 Å². The van der Waals surface area contributed by atoms with Gasteiger partial charge in [0.15, 0.2) is 0 Å². The van der Waals surface area contributed by atoms with Gasteiger partial charge in [0.2, 0.25) is 0 Å². The standard InChI is InChI=1S/C3H5NO/c1-3-4(1)2-5-3/h3H,1-2H2. The lowest BCUT2D eigenvalue weighted by Crippen LogP contribution is -2.20. The Morgan fingerprint density at radius 1 is 1.80 bits per heavy atom. The molecule has 0 aromatic carbocycles. The maximum Gasteiger partial charge on any atom is 0.127 e. The lowest BCUT2D eigenvalue weighted by molar-refractivity contribution is -0.0586. The van der Waals surface area contributed by atoms with Crippen molar-refractivity contribution >= 4 is 0 Å². The van der Waals surface area contributed by atoms with Crippen LogP contribution in [0.4, 0.5) is 0 Å². The van der Waals surface area contributed by atoms with Crippen LogP contribution in [0.1, 0.15) is 0 Å². The first-order valence-electron chi connectivity index (χ1n) is 1.82. The molecular formula is C3H5NO. The highest BCUT2D eigenvalue weighted by atomic mass is 16.6. The van der Waals surface area contributed by atoms with Crippen LogP contribution in [0, 0.1) is 0 Å². The van der Waals surface area contributed by atoms with Crippen LogP contribution in [-0.4, -0.2) is 24.4 Å². The van der Waals surface area contributed by atoms with Crippen molar-refractivity contribution in [1.82, 2.24) is 4.90 Å². The summed E-state index contributed by atoms with van der Waals surface area (Å²) < 4.78 is 4.93. The zero-order valence-electron chi connectivity index (χ0n) is 2.85. The van der Waals surface area contributed by atoms with Crippen molar-refractivity contribution in [3.8, 4) is 0 Å². The van der Waals surface area contributed by atoms with E-state index < -0.39 is 0 Å². The van der Waals surface area contributed by atoms with Crippen LogP contribution >= 0.6 is 0 Å². The number of hydrogen-bond donors (Lipinski definition) is 0. The Bertz CT molecular complexity index is 51.9. The highest BCUT2D eigenvalue weighted by molar-refractivity contribution is 4.85. The second-order valence-electron chi connectivity index (χ2n) is 1.52. The molecule has 0 aliphatic carbocycles. The summed E-state index contributed by atoms with van der Waals surface area (Å²) in [6.45, 7) is 2.09. The van der Waals surface area contributed by atoms with Gasteiger partial charge >= 0.3 is 0 Å². The van der Waals surface area contributed by atoms with Crippen LogP contribution in [0.25, 0.3) is 0 Å². The zero-order valence-corrected chi connectivity index (χ0v) is 2.85. The molecule has 2 unspecified atom stereocenters. The second-order valence-corrected chi connectivity index (χ2v) is 1.52. The molecule has 2 aliphatic rings. The van der Waals surface area contributed by atoms with Crippen LogP contribution in [0.2, 0.25) is 0 Å². The molecule has 0 radical (unpaired) electrons. The molecule has 0 aromatic heterocycles. The molecule has 2 atom stereocenters. The molecule has 0 N–H and O–H groups in total. The van der Waals surface area contributed by atoms with Crippen LogP contribution < -0.4 is 0 Å². The minimum absolute atomic E-state index is 0.565. The SMILES string of the molecule is C1OC2CN12. The summed E-state index contributed by atoms with van der Waals surface area (Å²) in [5.74, 6) is 0. The zero-order chi connectivity index (χ0) is 3.28. The van der Waals surface area contributed by atoms with Crippen molar-refractivity contribution in [2.75, 3.05) is 13.3 Å². The highest BCUT2D eigenvalue weighted by Gasteiger charge is 2.43. The molecule has 0 bridgehead atoms. The van der Waals surface area contributed by atoms with E-state index in [9.17, 15) is 0 Å². The van der Waals surface area contributed by atoms with Gasteiger partial charge in [0.1, 0.15) is 13.0 Å². The van der Waals surface area contributed by atoms with Gasteiger partial charge in [-0.15, -0.1) is 0 Å². The Labute approximate surface area is 30.3 Å². The predicted octanol–water partition coefficient (Wildman–Crippen LogP) is -0.384. The Kier molecular flexibility index (Phi) is 0.181. The summed E-state index contributed by atoms with van der Waals surface area (Å²) in [6.07, 6.45) is 0.565. The molecule has 0 saturated carbocycles.